The highest BCUT2D eigenvalue weighted by Crippen LogP contribution is 2.27. The van der Waals surface area contributed by atoms with Crippen molar-refractivity contribution >= 4 is 11.6 Å². The minimum Gasteiger partial charge on any atom is -0.437 e. The highest BCUT2D eigenvalue weighted by atomic mass is 35.5. The second-order valence-corrected chi connectivity index (χ2v) is 6.05. The zero-order valence-electron chi connectivity index (χ0n) is 12.0. The lowest BCUT2D eigenvalue weighted by Gasteiger charge is -2.20. The number of para-hydroxylation sites is 1. The van der Waals surface area contributed by atoms with Gasteiger partial charge in [0.25, 0.3) is 0 Å². The van der Waals surface area contributed by atoms with Crippen molar-refractivity contribution in [3.8, 4) is 11.6 Å². The predicted molar refractivity (Wildman–Crippen MR) is 82.4 cm³/mol. The maximum atomic E-state index is 6.07. The van der Waals surface area contributed by atoms with E-state index >= 15 is 0 Å². The molecule has 1 aromatic heterocycles. The topological polar surface area (TPSA) is 34.2 Å². The Morgan fingerprint density at radius 2 is 1.95 bits per heavy atom. The Balaban J connectivity index is 2.08. The number of ether oxygens (including phenoxy) is 1. The molecule has 0 unspecified atom stereocenters. The minimum absolute atomic E-state index is 0.0764. The van der Waals surface area contributed by atoms with Gasteiger partial charge in [0.2, 0.25) is 5.88 Å². The first-order chi connectivity index (χ1) is 9.44. The van der Waals surface area contributed by atoms with E-state index in [4.69, 9.17) is 16.3 Å². The first kappa shape index (κ1) is 14.8. The van der Waals surface area contributed by atoms with Gasteiger partial charge in [0.05, 0.1) is 5.02 Å². The fourth-order valence-electron chi connectivity index (χ4n) is 1.62. The van der Waals surface area contributed by atoms with Crippen LogP contribution in [0.3, 0.4) is 0 Å². The van der Waals surface area contributed by atoms with Crippen LogP contribution in [0.1, 0.15) is 26.3 Å². The van der Waals surface area contributed by atoms with Crippen molar-refractivity contribution < 1.29 is 4.74 Å². The summed E-state index contributed by atoms with van der Waals surface area (Å²) in [7, 11) is 0. The summed E-state index contributed by atoms with van der Waals surface area (Å²) in [5.41, 5.74) is 1.20. The van der Waals surface area contributed by atoms with Gasteiger partial charge in [-0.2, -0.15) is 0 Å². The lowest BCUT2D eigenvalue weighted by Crippen LogP contribution is -2.35. The van der Waals surface area contributed by atoms with Gasteiger partial charge in [-0.05, 0) is 44.5 Å². The quantitative estimate of drug-likeness (QED) is 0.905. The first-order valence-electron chi connectivity index (χ1n) is 6.56. The molecule has 0 atom stereocenters. The van der Waals surface area contributed by atoms with Crippen molar-refractivity contribution in [2.24, 2.45) is 0 Å². The van der Waals surface area contributed by atoms with E-state index < -0.39 is 0 Å². The third-order valence-electron chi connectivity index (χ3n) is 2.67. The van der Waals surface area contributed by atoms with Crippen LogP contribution in [0.5, 0.6) is 11.6 Å². The van der Waals surface area contributed by atoms with Crippen molar-refractivity contribution in [1.82, 2.24) is 10.3 Å². The second kappa shape index (κ2) is 6.25. The van der Waals surface area contributed by atoms with Gasteiger partial charge in [0.1, 0.15) is 5.75 Å². The highest BCUT2D eigenvalue weighted by Gasteiger charge is 2.09. The van der Waals surface area contributed by atoms with Gasteiger partial charge in [-0.3, -0.25) is 0 Å². The van der Waals surface area contributed by atoms with Crippen molar-refractivity contribution in [2.45, 2.75) is 32.9 Å². The third-order valence-corrected chi connectivity index (χ3v) is 2.99. The highest BCUT2D eigenvalue weighted by molar-refractivity contribution is 6.32. The molecule has 0 amide bonds. The van der Waals surface area contributed by atoms with E-state index in [9.17, 15) is 0 Å². The summed E-state index contributed by atoms with van der Waals surface area (Å²) in [6, 6.07) is 11.3. The van der Waals surface area contributed by atoms with Crippen molar-refractivity contribution in [3.63, 3.8) is 0 Å². The summed E-state index contributed by atoms with van der Waals surface area (Å²) in [6.45, 7) is 7.17. The lowest BCUT2D eigenvalue weighted by molar-refractivity contribution is 0.422. The van der Waals surface area contributed by atoms with E-state index in [1.807, 2.05) is 30.3 Å². The maximum Gasteiger partial charge on any atom is 0.219 e. The Bertz CT molecular complexity index is 579. The number of pyridine rings is 1. The molecule has 1 aromatic carbocycles. The predicted octanol–water partition coefficient (Wildman–Crippen LogP) is 4.42. The maximum absolute atomic E-state index is 6.07. The van der Waals surface area contributed by atoms with Crippen LogP contribution in [0.4, 0.5) is 0 Å². The van der Waals surface area contributed by atoms with Crippen LogP contribution in [0, 0.1) is 0 Å². The number of nitrogens with zero attached hydrogens (tertiary/aromatic N) is 1. The molecule has 1 N–H and O–H groups in total. The summed E-state index contributed by atoms with van der Waals surface area (Å²) in [6.07, 6.45) is 1.74. The molecule has 0 bridgehead atoms. The van der Waals surface area contributed by atoms with Crippen LogP contribution in [-0.2, 0) is 6.54 Å². The Kier molecular flexibility index (Phi) is 4.63. The lowest BCUT2D eigenvalue weighted by atomic mass is 10.1. The zero-order valence-corrected chi connectivity index (χ0v) is 12.7. The molecule has 0 saturated carbocycles. The fraction of sp³-hybridized carbons (Fsp3) is 0.312. The van der Waals surface area contributed by atoms with Crippen LogP contribution < -0.4 is 10.1 Å². The zero-order chi connectivity index (χ0) is 14.6. The molecule has 2 aromatic rings. The van der Waals surface area contributed by atoms with Gasteiger partial charge in [-0.1, -0.05) is 23.7 Å². The normalized spacial score (nSPS) is 11.4. The molecular weight excluding hydrogens is 272 g/mol. The molecule has 106 valence electrons. The van der Waals surface area contributed by atoms with E-state index in [-0.39, 0.29) is 5.54 Å². The summed E-state index contributed by atoms with van der Waals surface area (Å²) in [5, 5.41) is 4.01. The molecule has 0 radical (unpaired) electrons. The second-order valence-electron chi connectivity index (χ2n) is 5.64. The Labute approximate surface area is 124 Å². The van der Waals surface area contributed by atoms with Crippen LogP contribution in [0.15, 0.2) is 42.6 Å². The molecule has 0 saturated heterocycles. The molecule has 0 aliphatic carbocycles. The average molecular weight is 291 g/mol. The largest absolute Gasteiger partial charge is 0.437 e. The van der Waals surface area contributed by atoms with Crippen LogP contribution in [-0.4, -0.2) is 10.5 Å². The molecule has 0 aliphatic rings. The summed E-state index contributed by atoms with van der Waals surface area (Å²) in [5.74, 6) is 1.16. The van der Waals surface area contributed by atoms with Crippen molar-refractivity contribution in [2.75, 3.05) is 0 Å². The van der Waals surface area contributed by atoms with Gasteiger partial charge in [-0.15, -0.1) is 0 Å². The number of nitrogens with one attached hydrogen (secondary N) is 1. The van der Waals surface area contributed by atoms with Crippen LogP contribution >= 0.6 is 11.6 Å². The van der Waals surface area contributed by atoms with E-state index in [1.165, 1.54) is 0 Å². The monoisotopic (exact) mass is 290 g/mol. The van der Waals surface area contributed by atoms with E-state index in [2.05, 4.69) is 31.1 Å². The van der Waals surface area contributed by atoms with Crippen molar-refractivity contribution in [3.05, 3.63) is 53.2 Å². The number of aromatic nitrogens is 1. The first-order valence-corrected chi connectivity index (χ1v) is 6.94. The molecule has 4 heteroatoms. The van der Waals surface area contributed by atoms with E-state index in [0.29, 0.717) is 16.7 Å². The molecule has 3 nitrogen and oxygen atoms in total. The standard InChI is InChI=1S/C16H19ClN2O/c1-16(2,3)19-11-12-8-9-18-15(10-12)20-14-7-5-4-6-13(14)17/h4-10,19H,11H2,1-3H3. The van der Waals surface area contributed by atoms with E-state index in [1.54, 1.807) is 12.3 Å². The summed E-state index contributed by atoms with van der Waals surface area (Å²) < 4.78 is 5.71. The molecule has 0 fully saturated rings. The van der Waals surface area contributed by atoms with Gasteiger partial charge in [0, 0.05) is 24.3 Å². The number of halogens is 1. The number of hydrogen-bond donors (Lipinski definition) is 1. The Morgan fingerprint density at radius 3 is 2.65 bits per heavy atom. The van der Waals surface area contributed by atoms with Crippen LogP contribution in [0.2, 0.25) is 5.02 Å². The molecule has 0 spiro atoms. The van der Waals surface area contributed by atoms with Gasteiger partial charge >= 0.3 is 0 Å². The minimum atomic E-state index is 0.0764. The fourth-order valence-corrected chi connectivity index (χ4v) is 1.80. The Hall–Kier alpha value is -1.58. The van der Waals surface area contributed by atoms with Crippen molar-refractivity contribution in [1.29, 1.82) is 0 Å². The third kappa shape index (κ3) is 4.51. The Morgan fingerprint density at radius 1 is 1.20 bits per heavy atom. The number of hydrogen-bond acceptors (Lipinski definition) is 3. The molecular formula is C16H19ClN2O. The number of benzene rings is 1. The molecule has 20 heavy (non-hydrogen) atoms. The van der Waals surface area contributed by atoms with Gasteiger partial charge in [0.15, 0.2) is 0 Å². The molecule has 0 aliphatic heterocycles. The SMILES string of the molecule is CC(C)(C)NCc1ccnc(Oc2ccccc2Cl)c1. The van der Waals surface area contributed by atoms with E-state index in [0.717, 1.165) is 12.1 Å². The average Bonchev–Trinajstić information content (AvgIpc) is 2.39. The summed E-state index contributed by atoms with van der Waals surface area (Å²) in [4.78, 5) is 4.21. The molecule has 2 rings (SSSR count). The summed E-state index contributed by atoms with van der Waals surface area (Å²) >= 11 is 6.07. The number of rotatable bonds is 4. The smallest absolute Gasteiger partial charge is 0.219 e. The van der Waals surface area contributed by atoms with Gasteiger partial charge in [-0.25, -0.2) is 4.98 Å². The molecule has 1 heterocycles. The van der Waals surface area contributed by atoms with Crippen LogP contribution in [0.25, 0.3) is 0 Å². The van der Waals surface area contributed by atoms with Gasteiger partial charge < -0.3 is 10.1 Å².